The van der Waals surface area contributed by atoms with Crippen molar-refractivity contribution >= 4 is 35.0 Å². The molecule has 0 saturated carbocycles. The third-order valence-corrected chi connectivity index (χ3v) is 5.62. The molecule has 1 fully saturated rings. The molecule has 3 amide bonds. The molecule has 128 valence electrons. The van der Waals surface area contributed by atoms with Crippen molar-refractivity contribution in [2.24, 2.45) is 0 Å². The Hall–Kier alpha value is -1.35. The molecule has 0 atom stereocenters. The van der Waals surface area contributed by atoms with E-state index < -0.39 is 0 Å². The summed E-state index contributed by atoms with van der Waals surface area (Å²) in [5.74, 6) is 0.990. The summed E-state index contributed by atoms with van der Waals surface area (Å²) < 4.78 is 0.977. The Kier molecular flexibility index (Phi) is 7.10. The molecule has 1 aromatic heterocycles. The standard InChI is InChI=1S/C14H23N5O2S2/c1-11-16-17-14(23-11)22-10-3-5-15-13(21)19-7-4-6-18(8-9-19)12(2)20/h3-10H2,1-2H3,(H,15,21). The highest BCUT2D eigenvalue weighted by atomic mass is 32.2. The predicted octanol–water partition coefficient (Wildman–Crippen LogP) is 1.59. The average molecular weight is 358 g/mol. The first-order valence-electron chi connectivity index (χ1n) is 7.77. The van der Waals surface area contributed by atoms with Gasteiger partial charge in [0.25, 0.3) is 0 Å². The van der Waals surface area contributed by atoms with Crippen molar-refractivity contribution in [3.05, 3.63) is 5.01 Å². The van der Waals surface area contributed by atoms with Crippen LogP contribution in [0.2, 0.25) is 0 Å². The number of carbonyl (C=O) groups is 2. The Labute approximate surface area is 144 Å². The third kappa shape index (κ3) is 5.98. The predicted molar refractivity (Wildman–Crippen MR) is 91.8 cm³/mol. The van der Waals surface area contributed by atoms with Crippen LogP contribution in [0.1, 0.15) is 24.8 Å². The number of carbonyl (C=O) groups excluding carboxylic acids is 2. The minimum atomic E-state index is -0.0350. The van der Waals surface area contributed by atoms with E-state index >= 15 is 0 Å². The Morgan fingerprint density at radius 3 is 2.65 bits per heavy atom. The van der Waals surface area contributed by atoms with Gasteiger partial charge in [0.2, 0.25) is 5.91 Å². The van der Waals surface area contributed by atoms with Crippen molar-refractivity contribution in [3.63, 3.8) is 0 Å². The lowest BCUT2D eigenvalue weighted by molar-refractivity contribution is -0.128. The molecule has 1 aliphatic heterocycles. The summed E-state index contributed by atoms with van der Waals surface area (Å²) in [5.41, 5.74) is 0. The van der Waals surface area contributed by atoms with Gasteiger partial charge in [-0.2, -0.15) is 0 Å². The number of aromatic nitrogens is 2. The van der Waals surface area contributed by atoms with Crippen LogP contribution in [-0.2, 0) is 4.79 Å². The van der Waals surface area contributed by atoms with Gasteiger partial charge in [-0.3, -0.25) is 4.79 Å². The van der Waals surface area contributed by atoms with Gasteiger partial charge in [0.1, 0.15) is 5.01 Å². The molecular formula is C14H23N5O2S2. The molecule has 9 heteroatoms. The quantitative estimate of drug-likeness (QED) is 0.640. The highest BCUT2D eigenvalue weighted by Gasteiger charge is 2.19. The second-order valence-corrected chi connectivity index (χ2v) is 7.89. The molecule has 0 spiro atoms. The van der Waals surface area contributed by atoms with Crippen molar-refractivity contribution in [2.45, 2.75) is 31.0 Å². The molecule has 1 aliphatic rings. The minimum Gasteiger partial charge on any atom is -0.341 e. The molecule has 1 saturated heterocycles. The fourth-order valence-corrected chi connectivity index (χ4v) is 4.14. The molecule has 2 heterocycles. The van der Waals surface area contributed by atoms with Crippen LogP contribution in [0.3, 0.4) is 0 Å². The van der Waals surface area contributed by atoms with E-state index in [0.717, 1.165) is 34.5 Å². The fraction of sp³-hybridized carbons (Fsp3) is 0.714. The van der Waals surface area contributed by atoms with Gasteiger partial charge in [-0.05, 0) is 19.8 Å². The Bertz CT molecular complexity index is 537. The number of amides is 3. The lowest BCUT2D eigenvalue weighted by atomic mass is 10.4. The Balaban J connectivity index is 1.61. The van der Waals surface area contributed by atoms with E-state index in [1.165, 1.54) is 0 Å². The van der Waals surface area contributed by atoms with E-state index in [4.69, 9.17) is 0 Å². The molecule has 0 aromatic carbocycles. The van der Waals surface area contributed by atoms with Gasteiger partial charge in [0.05, 0.1) is 0 Å². The van der Waals surface area contributed by atoms with Crippen molar-refractivity contribution in [1.29, 1.82) is 0 Å². The Morgan fingerprint density at radius 2 is 1.96 bits per heavy atom. The molecular weight excluding hydrogens is 334 g/mol. The monoisotopic (exact) mass is 357 g/mol. The summed E-state index contributed by atoms with van der Waals surface area (Å²) in [6.07, 6.45) is 1.72. The van der Waals surface area contributed by atoms with Gasteiger partial charge >= 0.3 is 6.03 Å². The van der Waals surface area contributed by atoms with E-state index in [-0.39, 0.29) is 11.9 Å². The summed E-state index contributed by atoms with van der Waals surface area (Å²) in [6, 6.07) is -0.0350. The lowest BCUT2D eigenvalue weighted by Gasteiger charge is -2.21. The molecule has 1 aromatic rings. The van der Waals surface area contributed by atoms with Crippen LogP contribution in [-0.4, -0.2) is 70.4 Å². The first-order valence-corrected chi connectivity index (χ1v) is 9.57. The number of nitrogens with one attached hydrogen (secondary N) is 1. The lowest BCUT2D eigenvalue weighted by Crippen LogP contribution is -2.42. The van der Waals surface area contributed by atoms with Crippen LogP contribution in [0.15, 0.2) is 4.34 Å². The SMILES string of the molecule is CC(=O)N1CCCN(C(=O)NCCCSc2nnc(C)s2)CC1. The van der Waals surface area contributed by atoms with E-state index in [2.05, 4.69) is 15.5 Å². The van der Waals surface area contributed by atoms with Gasteiger partial charge in [0.15, 0.2) is 4.34 Å². The summed E-state index contributed by atoms with van der Waals surface area (Å²) >= 11 is 3.26. The van der Waals surface area contributed by atoms with E-state index in [1.54, 1.807) is 39.8 Å². The highest BCUT2D eigenvalue weighted by Crippen LogP contribution is 2.21. The van der Waals surface area contributed by atoms with Gasteiger partial charge < -0.3 is 15.1 Å². The summed E-state index contributed by atoms with van der Waals surface area (Å²) in [7, 11) is 0. The minimum absolute atomic E-state index is 0.0350. The van der Waals surface area contributed by atoms with Gasteiger partial charge in [-0.25, -0.2) is 4.79 Å². The van der Waals surface area contributed by atoms with E-state index in [9.17, 15) is 9.59 Å². The van der Waals surface area contributed by atoms with Crippen LogP contribution in [0, 0.1) is 6.92 Å². The maximum absolute atomic E-state index is 12.1. The molecule has 2 rings (SSSR count). The normalized spacial score (nSPS) is 15.4. The number of thioether (sulfide) groups is 1. The molecule has 23 heavy (non-hydrogen) atoms. The molecule has 7 nitrogen and oxygen atoms in total. The number of hydrogen-bond donors (Lipinski definition) is 1. The molecule has 0 radical (unpaired) electrons. The maximum atomic E-state index is 12.1. The van der Waals surface area contributed by atoms with Gasteiger partial charge in [-0.1, -0.05) is 23.1 Å². The molecule has 0 unspecified atom stereocenters. The Morgan fingerprint density at radius 1 is 1.22 bits per heavy atom. The number of urea groups is 1. The topological polar surface area (TPSA) is 78.4 Å². The second-order valence-electron chi connectivity index (χ2n) is 5.37. The first kappa shape index (κ1) is 18.0. The van der Waals surface area contributed by atoms with Crippen LogP contribution in [0.25, 0.3) is 0 Å². The van der Waals surface area contributed by atoms with E-state index in [1.807, 2.05) is 6.92 Å². The van der Waals surface area contributed by atoms with Crippen LogP contribution in [0.4, 0.5) is 4.79 Å². The fourth-order valence-electron chi connectivity index (χ4n) is 2.31. The highest BCUT2D eigenvalue weighted by molar-refractivity contribution is 8.01. The van der Waals surface area contributed by atoms with Crippen LogP contribution < -0.4 is 5.32 Å². The zero-order valence-corrected chi connectivity index (χ0v) is 15.2. The maximum Gasteiger partial charge on any atom is 0.317 e. The number of hydrogen-bond acceptors (Lipinski definition) is 6. The van der Waals surface area contributed by atoms with Crippen LogP contribution in [0.5, 0.6) is 0 Å². The van der Waals surface area contributed by atoms with Crippen molar-refractivity contribution < 1.29 is 9.59 Å². The summed E-state index contributed by atoms with van der Waals surface area (Å²) in [4.78, 5) is 27.1. The van der Waals surface area contributed by atoms with Crippen molar-refractivity contribution in [2.75, 3.05) is 38.5 Å². The molecule has 1 N–H and O–H groups in total. The largest absolute Gasteiger partial charge is 0.341 e. The summed E-state index contributed by atoms with van der Waals surface area (Å²) in [5, 5.41) is 12.0. The zero-order chi connectivity index (χ0) is 16.7. The average Bonchev–Trinajstić information content (AvgIpc) is 2.78. The van der Waals surface area contributed by atoms with E-state index in [0.29, 0.717) is 26.2 Å². The number of aryl methyl sites for hydroxylation is 1. The third-order valence-electron chi connectivity index (χ3n) is 3.56. The smallest absolute Gasteiger partial charge is 0.317 e. The second kappa shape index (κ2) is 9.07. The number of nitrogens with zero attached hydrogens (tertiary/aromatic N) is 4. The zero-order valence-electron chi connectivity index (χ0n) is 13.6. The first-order chi connectivity index (χ1) is 11.1. The molecule has 0 aliphatic carbocycles. The van der Waals surface area contributed by atoms with Crippen LogP contribution >= 0.6 is 23.1 Å². The van der Waals surface area contributed by atoms with Gasteiger partial charge in [0, 0.05) is 45.4 Å². The molecule has 0 bridgehead atoms. The van der Waals surface area contributed by atoms with Crippen molar-refractivity contribution in [3.8, 4) is 0 Å². The summed E-state index contributed by atoms with van der Waals surface area (Å²) in [6.45, 7) is 6.82. The number of rotatable bonds is 5. The van der Waals surface area contributed by atoms with Crippen molar-refractivity contribution in [1.82, 2.24) is 25.3 Å². The van der Waals surface area contributed by atoms with Gasteiger partial charge in [-0.15, -0.1) is 10.2 Å².